The van der Waals surface area contributed by atoms with Crippen molar-refractivity contribution >= 4 is 29.2 Å². The molecular weight excluding hydrogens is 238 g/mol. The molecule has 6 nitrogen and oxygen atoms in total. The van der Waals surface area contributed by atoms with E-state index in [2.05, 4.69) is 24.8 Å². The maximum absolute atomic E-state index is 11.5. The van der Waals surface area contributed by atoms with Crippen molar-refractivity contribution in [2.75, 3.05) is 0 Å². The summed E-state index contributed by atoms with van der Waals surface area (Å²) in [5, 5.41) is 10.2. The maximum atomic E-state index is 11.5. The molecule has 1 aromatic heterocycles. The van der Waals surface area contributed by atoms with Gasteiger partial charge < -0.3 is 4.55 Å². The number of aromatic nitrogens is 4. The lowest BCUT2D eigenvalue weighted by atomic mass is 10.3. The van der Waals surface area contributed by atoms with Crippen LogP contribution in [-0.4, -0.2) is 35.9 Å². The van der Waals surface area contributed by atoms with Gasteiger partial charge in [0.05, 0.1) is 0 Å². The van der Waals surface area contributed by atoms with Gasteiger partial charge in [0.15, 0.2) is 0 Å². The topological polar surface area (TPSA) is 87.0 Å². The Labute approximate surface area is 95.5 Å². The lowest BCUT2D eigenvalue weighted by molar-refractivity contribution is 0.561. The summed E-state index contributed by atoms with van der Waals surface area (Å²) in [5.41, 5.74) is 0. The van der Waals surface area contributed by atoms with Crippen molar-refractivity contribution < 1.29 is 4.55 Å². The smallest absolute Gasteiger partial charge is 0.246 e. The van der Waals surface area contributed by atoms with Gasteiger partial charge >= 0.3 is 0 Å². The Hall–Kier alpha value is -0.790. The van der Waals surface area contributed by atoms with Crippen molar-refractivity contribution in [2.45, 2.75) is 25.5 Å². The fraction of sp³-hybridized carbons (Fsp3) is 0.571. The summed E-state index contributed by atoms with van der Waals surface area (Å²) >= 11 is 4.14. The number of halogens is 1. The molecule has 0 saturated heterocycles. The third-order valence-corrected chi connectivity index (χ3v) is 2.77. The van der Waals surface area contributed by atoms with E-state index < -0.39 is 16.1 Å². The molecule has 1 atom stereocenters. The summed E-state index contributed by atoms with van der Waals surface area (Å²) in [6, 6.07) is 0. The zero-order valence-corrected chi connectivity index (χ0v) is 10.1. The zero-order valence-electron chi connectivity index (χ0n) is 8.51. The minimum atomic E-state index is -1.35. The van der Waals surface area contributed by atoms with Crippen LogP contribution >= 0.6 is 11.6 Å². The first-order valence-corrected chi connectivity index (χ1v) is 5.57. The van der Waals surface area contributed by atoms with Crippen molar-refractivity contribution in [1.82, 2.24) is 20.4 Å². The third-order valence-electron chi connectivity index (χ3n) is 1.27. The molecule has 0 bridgehead atoms. The highest BCUT2D eigenvalue weighted by atomic mass is 35.5. The van der Waals surface area contributed by atoms with Crippen LogP contribution in [0.3, 0.4) is 0 Å². The van der Waals surface area contributed by atoms with Crippen LogP contribution in [0.25, 0.3) is 0 Å². The Balaban J connectivity index is 2.74. The second-order valence-electron chi connectivity index (χ2n) is 3.62. The maximum Gasteiger partial charge on any atom is 0.246 e. The fourth-order valence-electron chi connectivity index (χ4n) is 0.552. The van der Waals surface area contributed by atoms with Crippen molar-refractivity contribution in [3.63, 3.8) is 0 Å². The van der Waals surface area contributed by atoms with Crippen LogP contribution in [0.5, 0.6) is 0 Å². The van der Waals surface area contributed by atoms with Crippen molar-refractivity contribution in [3.05, 3.63) is 11.1 Å². The highest BCUT2D eigenvalue weighted by Gasteiger charge is 2.25. The lowest BCUT2D eigenvalue weighted by Gasteiger charge is -2.17. The first-order chi connectivity index (χ1) is 6.89. The Bertz CT molecular complexity index is 367. The van der Waals surface area contributed by atoms with E-state index in [1.807, 2.05) is 20.8 Å². The zero-order chi connectivity index (χ0) is 11.5. The average Bonchev–Trinajstić information content (AvgIpc) is 2.12. The van der Waals surface area contributed by atoms with Crippen molar-refractivity contribution in [3.8, 4) is 0 Å². The first-order valence-electron chi connectivity index (χ1n) is 4.08. The predicted molar refractivity (Wildman–Crippen MR) is 58.1 cm³/mol. The molecule has 1 aromatic rings. The molecule has 0 aliphatic rings. The molecule has 1 unspecified atom stereocenters. The highest BCUT2D eigenvalue weighted by Crippen LogP contribution is 2.16. The van der Waals surface area contributed by atoms with E-state index in [1.54, 1.807) is 0 Å². The van der Waals surface area contributed by atoms with Crippen molar-refractivity contribution in [2.24, 2.45) is 4.40 Å². The molecule has 0 saturated carbocycles. The van der Waals surface area contributed by atoms with Crippen LogP contribution in [0.15, 0.2) is 4.40 Å². The largest absolute Gasteiger partial charge is 0.591 e. The van der Waals surface area contributed by atoms with Gasteiger partial charge in [-0.2, -0.15) is 4.98 Å². The van der Waals surface area contributed by atoms with E-state index in [0.717, 1.165) is 0 Å². The van der Waals surface area contributed by atoms with Gasteiger partial charge in [0.25, 0.3) is 0 Å². The van der Waals surface area contributed by atoms with E-state index in [1.165, 1.54) is 6.21 Å². The van der Waals surface area contributed by atoms with Crippen LogP contribution in [0.4, 0.5) is 0 Å². The first kappa shape index (κ1) is 12.3. The Morgan fingerprint density at radius 1 is 1.40 bits per heavy atom. The molecule has 1 rings (SSSR count). The summed E-state index contributed by atoms with van der Waals surface area (Å²) in [6.07, 6.45) is 1.27. The van der Waals surface area contributed by atoms with Crippen LogP contribution in [0.1, 0.15) is 26.6 Å². The number of nitrogens with zero attached hydrogens (tertiary/aromatic N) is 5. The summed E-state index contributed by atoms with van der Waals surface area (Å²) < 4.78 is 14.9. The molecule has 82 valence electrons. The van der Waals surface area contributed by atoms with E-state index >= 15 is 0 Å². The molecule has 8 heteroatoms. The molecule has 15 heavy (non-hydrogen) atoms. The minimum absolute atomic E-state index is 0.0204. The summed E-state index contributed by atoms with van der Waals surface area (Å²) in [5.74, 6) is 0.188. The molecular formula is C7H10ClN5OS. The molecule has 0 fully saturated rings. The predicted octanol–water partition coefficient (Wildman–Crippen LogP) is 0.801. The molecule has 0 N–H and O–H groups in total. The van der Waals surface area contributed by atoms with Gasteiger partial charge in [-0.05, 0) is 37.6 Å². The quantitative estimate of drug-likeness (QED) is 0.570. The van der Waals surface area contributed by atoms with E-state index in [4.69, 9.17) is 11.6 Å². The highest BCUT2D eigenvalue weighted by molar-refractivity contribution is 7.91. The SMILES string of the molecule is CC(C)(C)[S+]([O-])/N=C/c1nnnc(Cl)n1. The Kier molecular flexibility index (Phi) is 3.95. The van der Waals surface area contributed by atoms with Gasteiger partial charge in [-0.1, -0.05) is 9.50 Å². The normalized spacial score (nSPS) is 14.5. The molecule has 0 spiro atoms. The van der Waals surface area contributed by atoms with Crippen LogP contribution in [-0.2, 0) is 11.4 Å². The standard InChI is InChI=1S/C7H10ClN5OS/c1-7(2,3)15(14)9-4-5-10-6(8)12-13-11-5/h4H,1-3H3/b9-4+. The van der Waals surface area contributed by atoms with Gasteiger partial charge in [-0.3, -0.25) is 0 Å². The van der Waals surface area contributed by atoms with E-state index in [9.17, 15) is 4.55 Å². The average molecular weight is 248 g/mol. The van der Waals surface area contributed by atoms with Crippen molar-refractivity contribution in [1.29, 1.82) is 0 Å². The van der Waals surface area contributed by atoms with Crippen LogP contribution in [0, 0.1) is 0 Å². The van der Waals surface area contributed by atoms with Gasteiger partial charge in [0.1, 0.15) is 22.3 Å². The van der Waals surface area contributed by atoms with Crippen LogP contribution < -0.4 is 0 Å². The lowest BCUT2D eigenvalue weighted by Crippen LogP contribution is -2.26. The van der Waals surface area contributed by atoms with Gasteiger partial charge in [0.2, 0.25) is 11.1 Å². The number of hydrogen-bond acceptors (Lipinski definition) is 6. The molecule has 0 amide bonds. The Morgan fingerprint density at radius 2 is 2.07 bits per heavy atom. The van der Waals surface area contributed by atoms with E-state index in [-0.39, 0.29) is 11.1 Å². The van der Waals surface area contributed by atoms with Gasteiger partial charge in [-0.15, -0.1) is 5.10 Å². The summed E-state index contributed by atoms with van der Waals surface area (Å²) in [4.78, 5) is 3.72. The minimum Gasteiger partial charge on any atom is -0.591 e. The monoisotopic (exact) mass is 247 g/mol. The molecule has 0 aliphatic carbocycles. The van der Waals surface area contributed by atoms with Gasteiger partial charge in [-0.25, -0.2) is 0 Å². The fourth-order valence-corrected chi connectivity index (χ4v) is 1.18. The molecule has 0 aromatic carbocycles. The second kappa shape index (κ2) is 4.82. The molecule has 0 radical (unpaired) electrons. The summed E-state index contributed by atoms with van der Waals surface area (Å²) in [7, 11) is 0. The molecule has 0 aliphatic heterocycles. The Morgan fingerprint density at radius 3 is 2.60 bits per heavy atom. The number of rotatable bonds is 2. The van der Waals surface area contributed by atoms with Gasteiger partial charge in [0, 0.05) is 0 Å². The summed E-state index contributed by atoms with van der Waals surface area (Å²) in [6.45, 7) is 5.46. The van der Waals surface area contributed by atoms with E-state index in [0.29, 0.717) is 0 Å². The van der Waals surface area contributed by atoms with Crippen LogP contribution in [0.2, 0.25) is 5.28 Å². The third kappa shape index (κ3) is 4.06. The second-order valence-corrected chi connectivity index (χ2v) is 5.90. The molecule has 1 heterocycles. The number of hydrogen-bond donors (Lipinski definition) is 0.